The van der Waals surface area contributed by atoms with Gasteiger partial charge in [0.1, 0.15) is 0 Å². The van der Waals surface area contributed by atoms with Crippen molar-refractivity contribution in [2.45, 2.75) is 6.92 Å². The molecule has 3 heteroatoms. The maximum absolute atomic E-state index is 4.12. The Kier molecular flexibility index (Phi) is 7.03. The Balaban J connectivity index is 3.89. The Morgan fingerprint density at radius 3 is 2.42 bits per heavy atom. The number of nitrogens with zero attached hydrogens (tertiary/aromatic N) is 3. The van der Waals surface area contributed by atoms with Crippen molar-refractivity contribution in [2.24, 2.45) is 15.0 Å². The van der Waals surface area contributed by atoms with Gasteiger partial charge in [-0.05, 0) is 12.5 Å². The zero-order chi connectivity index (χ0) is 9.23. The summed E-state index contributed by atoms with van der Waals surface area (Å²) in [6, 6.07) is 0. The predicted octanol–water partition coefficient (Wildman–Crippen LogP) is 1.40. The molecule has 0 heterocycles. The monoisotopic (exact) mass is 165 g/mol. The molecule has 0 bridgehead atoms. The maximum Gasteiger partial charge on any atom is 0.0651 e. The molecule has 0 saturated carbocycles. The highest BCUT2D eigenvalue weighted by atomic mass is 14.7. The van der Waals surface area contributed by atoms with Crippen molar-refractivity contribution in [1.82, 2.24) is 0 Å². The fourth-order valence-corrected chi connectivity index (χ4v) is 0.644. The van der Waals surface area contributed by atoms with Crippen LogP contribution in [-0.4, -0.2) is 39.3 Å². The van der Waals surface area contributed by atoms with Gasteiger partial charge in [-0.15, -0.1) is 0 Å². The zero-order valence-corrected chi connectivity index (χ0v) is 7.86. The largest absolute Gasteiger partial charge is 0.296 e. The molecule has 0 unspecified atom stereocenters. The first-order valence-corrected chi connectivity index (χ1v) is 3.83. The van der Waals surface area contributed by atoms with Crippen LogP contribution in [0.5, 0.6) is 0 Å². The van der Waals surface area contributed by atoms with Gasteiger partial charge in [0.05, 0.1) is 6.54 Å². The number of rotatable bonds is 4. The van der Waals surface area contributed by atoms with Gasteiger partial charge in [-0.1, -0.05) is 6.08 Å². The SMILES string of the molecule is C/C=C(\C=NC)CN=CC=NC. The lowest BCUT2D eigenvalue weighted by Gasteiger charge is -1.92. The van der Waals surface area contributed by atoms with E-state index in [4.69, 9.17) is 0 Å². The van der Waals surface area contributed by atoms with E-state index in [0.29, 0.717) is 6.54 Å². The van der Waals surface area contributed by atoms with Crippen LogP contribution in [0.4, 0.5) is 0 Å². The summed E-state index contributed by atoms with van der Waals surface area (Å²) in [6.07, 6.45) is 7.15. The fourth-order valence-electron chi connectivity index (χ4n) is 0.644. The molecule has 0 fully saturated rings. The number of allylic oxidation sites excluding steroid dienone is 1. The van der Waals surface area contributed by atoms with E-state index in [-0.39, 0.29) is 0 Å². The molecular weight excluding hydrogens is 150 g/mol. The summed E-state index contributed by atoms with van der Waals surface area (Å²) in [5.41, 5.74) is 1.11. The molecule has 0 aromatic heterocycles. The summed E-state index contributed by atoms with van der Waals surface area (Å²) in [4.78, 5) is 11.8. The van der Waals surface area contributed by atoms with Crippen LogP contribution in [0.15, 0.2) is 26.6 Å². The normalized spacial score (nSPS) is 14.1. The minimum Gasteiger partial charge on any atom is -0.296 e. The molecule has 3 nitrogen and oxygen atoms in total. The van der Waals surface area contributed by atoms with Crippen molar-refractivity contribution < 1.29 is 0 Å². The van der Waals surface area contributed by atoms with E-state index in [1.165, 1.54) is 0 Å². The number of aliphatic imine (C=N–C) groups is 3. The first-order valence-electron chi connectivity index (χ1n) is 3.83. The van der Waals surface area contributed by atoms with Crippen molar-refractivity contribution in [3.63, 3.8) is 0 Å². The molecule has 0 aliphatic rings. The van der Waals surface area contributed by atoms with Gasteiger partial charge in [0.2, 0.25) is 0 Å². The second-order valence-corrected chi connectivity index (χ2v) is 2.15. The molecule has 0 aromatic carbocycles. The first kappa shape index (κ1) is 10.8. The second kappa shape index (κ2) is 7.85. The summed E-state index contributed by atoms with van der Waals surface area (Å²) < 4.78 is 0. The third-order valence-corrected chi connectivity index (χ3v) is 1.26. The van der Waals surface area contributed by atoms with E-state index in [0.717, 1.165) is 5.57 Å². The summed E-state index contributed by atoms with van der Waals surface area (Å²) in [5, 5.41) is 0. The van der Waals surface area contributed by atoms with Gasteiger partial charge >= 0.3 is 0 Å². The van der Waals surface area contributed by atoms with Crippen molar-refractivity contribution in [2.75, 3.05) is 20.6 Å². The smallest absolute Gasteiger partial charge is 0.0651 e. The minimum atomic E-state index is 0.667. The van der Waals surface area contributed by atoms with Crippen LogP contribution in [-0.2, 0) is 0 Å². The van der Waals surface area contributed by atoms with Gasteiger partial charge in [0, 0.05) is 32.7 Å². The summed E-state index contributed by atoms with van der Waals surface area (Å²) in [6.45, 7) is 2.64. The van der Waals surface area contributed by atoms with Crippen molar-refractivity contribution in [3.8, 4) is 0 Å². The third kappa shape index (κ3) is 5.53. The summed E-state index contributed by atoms with van der Waals surface area (Å²) >= 11 is 0. The average molecular weight is 165 g/mol. The molecule has 0 N–H and O–H groups in total. The molecule has 0 spiro atoms. The molecule has 12 heavy (non-hydrogen) atoms. The average Bonchev–Trinajstić information content (AvgIpc) is 2.10. The van der Waals surface area contributed by atoms with Crippen LogP contribution in [0.25, 0.3) is 0 Å². The highest BCUT2D eigenvalue weighted by Crippen LogP contribution is 1.89. The third-order valence-electron chi connectivity index (χ3n) is 1.26. The molecule has 0 rings (SSSR count). The van der Waals surface area contributed by atoms with E-state index in [1.54, 1.807) is 32.7 Å². The summed E-state index contributed by atoms with van der Waals surface area (Å²) in [7, 11) is 3.47. The van der Waals surface area contributed by atoms with Crippen LogP contribution in [0, 0.1) is 0 Å². The Morgan fingerprint density at radius 1 is 1.17 bits per heavy atom. The van der Waals surface area contributed by atoms with Gasteiger partial charge in [-0.25, -0.2) is 0 Å². The fraction of sp³-hybridized carbons (Fsp3) is 0.444. The highest BCUT2D eigenvalue weighted by Gasteiger charge is 1.85. The Hall–Kier alpha value is -1.25. The highest BCUT2D eigenvalue weighted by molar-refractivity contribution is 6.16. The van der Waals surface area contributed by atoms with Gasteiger partial charge in [0.25, 0.3) is 0 Å². The molecule has 0 aromatic rings. The second-order valence-electron chi connectivity index (χ2n) is 2.15. The van der Waals surface area contributed by atoms with Crippen molar-refractivity contribution in [3.05, 3.63) is 11.6 Å². The zero-order valence-electron chi connectivity index (χ0n) is 7.86. The lowest BCUT2D eigenvalue weighted by molar-refractivity contribution is 1.21. The molecule has 0 radical (unpaired) electrons. The molecule has 0 amide bonds. The Bertz CT molecular complexity index is 212. The quantitative estimate of drug-likeness (QED) is 0.565. The van der Waals surface area contributed by atoms with E-state index >= 15 is 0 Å². The van der Waals surface area contributed by atoms with Gasteiger partial charge < -0.3 is 0 Å². The molecule has 0 aliphatic carbocycles. The van der Waals surface area contributed by atoms with Crippen molar-refractivity contribution in [1.29, 1.82) is 0 Å². The van der Waals surface area contributed by atoms with Crippen molar-refractivity contribution >= 4 is 18.6 Å². The molecule has 0 atom stereocenters. The van der Waals surface area contributed by atoms with Crippen LogP contribution in [0.3, 0.4) is 0 Å². The number of hydrogen-bond acceptors (Lipinski definition) is 3. The van der Waals surface area contributed by atoms with Gasteiger partial charge in [-0.2, -0.15) is 0 Å². The Labute approximate surface area is 73.7 Å². The molecule has 0 saturated heterocycles. The van der Waals surface area contributed by atoms with Crippen LogP contribution < -0.4 is 0 Å². The van der Waals surface area contributed by atoms with Gasteiger partial charge in [-0.3, -0.25) is 15.0 Å². The van der Waals surface area contributed by atoms with Crippen LogP contribution >= 0.6 is 0 Å². The maximum atomic E-state index is 4.12. The lowest BCUT2D eigenvalue weighted by atomic mass is 10.3. The summed E-state index contributed by atoms with van der Waals surface area (Å²) in [5.74, 6) is 0. The predicted molar refractivity (Wildman–Crippen MR) is 55.9 cm³/mol. The first-order chi connectivity index (χ1) is 5.85. The van der Waals surface area contributed by atoms with E-state index in [1.807, 2.05) is 13.0 Å². The van der Waals surface area contributed by atoms with Crippen LogP contribution in [0.1, 0.15) is 6.92 Å². The van der Waals surface area contributed by atoms with Crippen LogP contribution in [0.2, 0.25) is 0 Å². The molecular formula is C9H15N3. The molecule has 0 aliphatic heterocycles. The lowest BCUT2D eigenvalue weighted by Crippen LogP contribution is -1.90. The van der Waals surface area contributed by atoms with E-state index < -0.39 is 0 Å². The van der Waals surface area contributed by atoms with Gasteiger partial charge in [0.15, 0.2) is 0 Å². The topological polar surface area (TPSA) is 37.1 Å². The van der Waals surface area contributed by atoms with E-state index in [9.17, 15) is 0 Å². The molecule has 66 valence electrons. The van der Waals surface area contributed by atoms with E-state index in [2.05, 4.69) is 15.0 Å². The number of hydrogen-bond donors (Lipinski definition) is 0. The minimum absolute atomic E-state index is 0.667. The standard InChI is InChI=1S/C9H15N3/c1-4-9(7-11-3)8-12-6-5-10-2/h4-7H,8H2,1-3H3/b9-4+,10-5?,11-7?,12-6?. The Morgan fingerprint density at radius 2 is 1.92 bits per heavy atom.